The Labute approximate surface area is 146 Å². The number of aryl methyl sites for hydroxylation is 2. The van der Waals surface area contributed by atoms with Gasteiger partial charge in [-0.1, -0.05) is 0 Å². The number of imide groups is 1. The molecule has 2 rings (SSSR count). The Kier molecular flexibility index (Phi) is 6.05. The van der Waals surface area contributed by atoms with Gasteiger partial charge in [-0.05, 0) is 44.2 Å². The van der Waals surface area contributed by atoms with E-state index in [1.165, 1.54) is 18.2 Å². The first-order valence-corrected chi connectivity index (χ1v) is 7.39. The zero-order chi connectivity index (χ0) is 19.3. The van der Waals surface area contributed by atoms with E-state index in [9.17, 15) is 23.2 Å². The maximum absolute atomic E-state index is 12.1. The molecule has 0 saturated heterocycles. The molecular weight excluding hydrogens is 352 g/mol. The smallest absolute Gasteiger partial charge is 0.387 e. The molecule has 0 aliphatic carbocycles. The summed E-state index contributed by atoms with van der Waals surface area (Å²) < 4.78 is 38.3. The number of furan rings is 1. The molecule has 0 unspecified atom stereocenters. The van der Waals surface area contributed by atoms with Gasteiger partial charge in [0.05, 0.1) is 0 Å². The van der Waals surface area contributed by atoms with Crippen LogP contribution in [0.25, 0.3) is 0 Å². The number of benzene rings is 1. The Balaban J connectivity index is 1.86. The number of alkyl halides is 2. The molecule has 7 nitrogen and oxygen atoms in total. The van der Waals surface area contributed by atoms with E-state index in [0.717, 1.165) is 12.1 Å². The molecule has 9 heteroatoms. The second-order valence-electron chi connectivity index (χ2n) is 5.18. The molecule has 26 heavy (non-hydrogen) atoms. The van der Waals surface area contributed by atoms with Crippen LogP contribution in [0.15, 0.2) is 34.7 Å². The van der Waals surface area contributed by atoms with Crippen LogP contribution in [0.5, 0.6) is 5.75 Å². The third kappa shape index (κ3) is 5.13. The fourth-order valence-electron chi connectivity index (χ4n) is 2.06. The molecule has 0 saturated carbocycles. The molecular formula is C17H15F2NO6. The molecule has 1 aromatic carbocycles. The first kappa shape index (κ1) is 19.1. The van der Waals surface area contributed by atoms with Crippen LogP contribution >= 0.6 is 0 Å². The lowest BCUT2D eigenvalue weighted by Gasteiger charge is -2.07. The minimum absolute atomic E-state index is 0.0487. The normalized spacial score (nSPS) is 10.5. The number of esters is 1. The number of carbonyl (C=O) groups is 3. The summed E-state index contributed by atoms with van der Waals surface area (Å²) in [6, 6.07) is 6.23. The summed E-state index contributed by atoms with van der Waals surface area (Å²) in [5.74, 6) is -1.61. The molecule has 1 N–H and O–H groups in total. The number of amides is 2. The molecule has 2 aromatic rings. The summed E-state index contributed by atoms with van der Waals surface area (Å²) in [6.07, 6.45) is 0. The van der Waals surface area contributed by atoms with Gasteiger partial charge < -0.3 is 13.9 Å². The van der Waals surface area contributed by atoms with Crippen LogP contribution in [-0.4, -0.2) is 31.0 Å². The zero-order valence-electron chi connectivity index (χ0n) is 13.9. The van der Waals surface area contributed by atoms with E-state index in [-0.39, 0.29) is 16.9 Å². The molecule has 0 spiro atoms. The number of hydrogen-bond acceptors (Lipinski definition) is 6. The first-order valence-electron chi connectivity index (χ1n) is 7.39. The molecule has 1 heterocycles. The van der Waals surface area contributed by atoms with Gasteiger partial charge in [0.25, 0.3) is 11.8 Å². The number of hydrogen-bond donors (Lipinski definition) is 1. The monoisotopic (exact) mass is 367 g/mol. The summed E-state index contributed by atoms with van der Waals surface area (Å²) >= 11 is 0. The molecule has 138 valence electrons. The van der Waals surface area contributed by atoms with Gasteiger partial charge in [-0.25, -0.2) is 4.79 Å². The van der Waals surface area contributed by atoms with Crippen molar-refractivity contribution in [3.8, 4) is 5.75 Å². The maximum Gasteiger partial charge on any atom is 0.387 e. The van der Waals surface area contributed by atoms with Crippen molar-refractivity contribution in [3.63, 3.8) is 0 Å². The molecule has 2 amide bonds. The molecule has 1 aromatic heterocycles. The Morgan fingerprint density at radius 2 is 1.81 bits per heavy atom. The van der Waals surface area contributed by atoms with Crippen LogP contribution in [0.4, 0.5) is 8.78 Å². The van der Waals surface area contributed by atoms with E-state index in [0.29, 0.717) is 11.5 Å². The average molecular weight is 367 g/mol. The van der Waals surface area contributed by atoms with Gasteiger partial charge in [0.1, 0.15) is 22.8 Å². The van der Waals surface area contributed by atoms with Crippen molar-refractivity contribution in [2.45, 2.75) is 20.5 Å². The lowest BCUT2D eigenvalue weighted by molar-refractivity contribution is -0.123. The Morgan fingerprint density at radius 3 is 2.35 bits per heavy atom. The largest absolute Gasteiger partial charge is 0.466 e. The second-order valence-corrected chi connectivity index (χ2v) is 5.18. The van der Waals surface area contributed by atoms with E-state index in [4.69, 9.17) is 9.15 Å². The van der Waals surface area contributed by atoms with Crippen LogP contribution in [0, 0.1) is 13.8 Å². The lowest BCUT2D eigenvalue weighted by atomic mass is 10.2. The van der Waals surface area contributed by atoms with Crippen molar-refractivity contribution in [1.82, 2.24) is 5.32 Å². The number of ether oxygens (including phenoxy) is 2. The number of carbonyl (C=O) groups excluding carboxylic acids is 3. The quantitative estimate of drug-likeness (QED) is 0.789. The van der Waals surface area contributed by atoms with Crippen molar-refractivity contribution in [2.75, 3.05) is 6.61 Å². The van der Waals surface area contributed by atoms with Crippen LogP contribution in [-0.2, 0) is 9.53 Å². The van der Waals surface area contributed by atoms with Crippen molar-refractivity contribution in [3.05, 3.63) is 53.0 Å². The second kappa shape index (κ2) is 8.24. The van der Waals surface area contributed by atoms with E-state index in [2.05, 4.69) is 4.74 Å². The molecule has 0 aliphatic rings. The Hall–Kier alpha value is -3.23. The van der Waals surface area contributed by atoms with E-state index in [1.54, 1.807) is 13.8 Å². The van der Waals surface area contributed by atoms with Gasteiger partial charge in [0.2, 0.25) is 0 Å². The van der Waals surface area contributed by atoms with Gasteiger partial charge in [-0.3, -0.25) is 14.9 Å². The summed E-state index contributed by atoms with van der Waals surface area (Å²) in [6.45, 7) is -0.407. The summed E-state index contributed by atoms with van der Waals surface area (Å²) in [7, 11) is 0. The van der Waals surface area contributed by atoms with Crippen molar-refractivity contribution in [1.29, 1.82) is 0 Å². The highest BCUT2D eigenvalue weighted by Gasteiger charge is 2.17. The average Bonchev–Trinajstić information content (AvgIpc) is 2.91. The number of halogens is 2. The van der Waals surface area contributed by atoms with Crippen molar-refractivity contribution < 1.29 is 37.1 Å². The van der Waals surface area contributed by atoms with Crippen LogP contribution < -0.4 is 10.1 Å². The van der Waals surface area contributed by atoms with Crippen LogP contribution in [0.3, 0.4) is 0 Å². The number of nitrogens with one attached hydrogen (secondary N) is 1. The van der Waals surface area contributed by atoms with Gasteiger partial charge >= 0.3 is 12.6 Å². The topological polar surface area (TPSA) is 94.8 Å². The lowest BCUT2D eigenvalue weighted by Crippen LogP contribution is -2.34. The Morgan fingerprint density at radius 1 is 1.15 bits per heavy atom. The molecule has 0 bridgehead atoms. The predicted molar refractivity (Wildman–Crippen MR) is 84.0 cm³/mol. The van der Waals surface area contributed by atoms with E-state index in [1.807, 2.05) is 5.32 Å². The SMILES string of the molecule is Cc1cc(C(=O)OCC(=O)NC(=O)c2ccc(OC(F)F)cc2)c(C)o1. The molecule has 0 fully saturated rings. The molecule has 0 radical (unpaired) electrons. The molecule has 0 atom stereocenters. The minimum atomic E-state index is -2.98. The van der Waals surface area contributed by atoms with Gasteiger partial charge in [-0.15, -0.1) is 0 Å². The van der Waals surface area contributed by atoms with Crippen molar-refractivity contribution in [2.24, 2.45) is 0 Å². The highest BCUT2D eigenvalue weighted by atomic mass is 19.3. The fourth-order valence-corrected chi connectivity index (χ4v) is 2.06. The van der Waals surface area contributed by atoms with E-state index < -0.39 is 31.0 Å². The molecule has 0 aliphatic heterocycles. The van der Waals surface area contributed by atoms with Crippen LogP contribution in [0.2, 0.25) is 0 Å². The van der Waals surface area contributed by atoms with Crippen molar-refractivity contribution >= 4 is 17.8 Å². The highest BCUT2D eigenvalue weighted by Crippen LogP contribution is 2.15. The number of rotatable bonds is 6. The first-order chi connectivity index (χ1) is 12.3. The third-order valence-electron chi connectivity index (χ3n) is 3.19. The fraction of sp³-hybridized carbons (Fsp3) is 0.235. The summed E-state index contributed by atoms with van der Waals surface area (Å²) in [4.78, 5) is 35.4. The van der Waals surface area contributed by atoms with Crippen LogP contribution in [0.1, 0.15) is 32.2 Å². The van der Waals surface area contributed by atoms with Gasteiger partial charge in [-0.2, -0.15) is 8.78 Å². The van der Waals surface area contributed by atoms with Gasteiger partial charge in [0, 0.05) is 5.56 Å². The van der Waals surface area contributed by atoms with E-state index >= 15 is 0 Å². The minimum Gasteiger partial charge on any atom is -0.466 e. The maximum atomic E-state index is 12.1. The highest BCUT2D eigenvalue weighted by molar-refractivity contribution is 6.05. The third-order valence-corrected chi connectivity index (χ3v) is 3.19. The summed E-state index contributed by atoms with van der Waals surface area (Å²) in [5, 5.41) is 2.02. The predicted octanol–water partition coefficient (Wildman–Crippen LogP) is 2.61. The van der Waals surface area contributed by atoms with Gasteiger partial charge in [0.15, 0.2) is 6.61 Å². The standard InChI is InChI=1S/C17H15F2NO6/c1-9-7-13(10(2)25-9)16(23)24-8-14(21)20-15(22)11-3-5-12(6-4-11)26-17(18)19/h3-7,17H,8H2,1-2H3,(H,20,21,22). The zero-order valence-corrected chi connectivity index (χ0v) is 13.9. The summed E-state index contributed by atoms with van der Waals surface area (Å²) in [5.41, 5.74) is 0.240. The Bertz CT molecular complexity index is 813.